The summed E-state index contributed by atoms with van der Waals surface area (Å²) in [6.45, 7) is 5.85. The number of hydrogen-bond donors (Lipinski definition) is 0. The fraction of sp³-hybridized carbons (Fsp3) is 0.882. The summed E-state index contributed by atoms with van der Waals surface area (Å²) in [5.41, 5.74) is -0.507. The number of hydrogen-bond acceptors (Lipinski definition) is 5. The number of esters is 1. The average molecular weight is 362 g/mol. The molecule has 1 aliphatic rings. The molecule has 1 amide bonds. The van der Waals surface area contributed by atoms with E-state index in [4.69, 9.17) is 4.74 Å². The molecule has 6 nitrogen and oxygen atoms in total. The van der Waals surface area contributed by atoms with Gasteiger partial charge in [0, 0.05) is 26.4 Å². The third-order valence-corrected chi connectivity index (χ3v) is 6.39. The summed E-state index contributed by atoms with van der Waals surface area (Å²) in [4.78, 5) is 25.2. The predicted octanol–water partition coefficient (Wildman–Crippen LogP) is 2.31. The topological polar surface area (TPSA) is 80.8 Å². The summed E-state index contributed by atoms with van der Waals surface area (Å²) in [5.74, 6) is -0.555. The predicted molar refractivity (Wildman–Crippen MR) is 93.4 cm³/mol. The second-order valence-corrected chi connectivity index (χ2v) is 9.93. The zero-order valence-corrected chi connectivity index (χ0v) is 16.2. The van der Waals surface area contributed by atoms with Crippen molar-refractivity contribution in [3.63, 3.8) is 0 Å². The zero-order chi connectivity index (χ0) is 18.4. The molecule has 1 fully saturated rings. The number of rotatable bonds is 8. The van der Waals surface area contributed by atoms with Gasteiger partial charge in [0.15, 0.2) is 9.84 Å². The Morgan fingerprint density at radius 3 is 2.25 bits per heavy atom. The molecule has 0 heterocycles. The maximum atomic E-state index is 12.2. The van der Waals surface area contributed by atoms with Crippen LogP contribution in [0.3, 0.4) is 0 Å². The number of carbonyl (C=O) groups excluding carboxylic acids is 2. The van der Waals surface area contributed by atoms with Gasteiger partial charge in [-0.25, -0.2) is 8.42 Å². The number of sulfone groups is 1. The molecule has 0 aromatic rings. The van der Waals surface area contributed by atoms with Crippen LogP contribution in [-0.2, 0) is 24.2 Å². The van der Waals surface area contributed by atoms with Crippen LogP contribution in [0.4, 0.5) is 0 Å². The second kappa shape index (κ2) is 8.83. The molecule has 0 aromatic heterocycles. The molecule has 0 saturated heterocycles. The standard InChI is InChI=1S/C17H31NO5S/c1-17(2,3)23-16(20)10-7-12-18(4)15(19)11-13-24(21,22)14-8-5-6-9-14/h14H,5-13H2,1-4H3. The van der Waals surface area contributed by atoms with Gasteiger partial charge in [-0.1, -0.05) is 12.8 Å². The van der Waals surface area contributed by atoms with Crippen LogP contribution in [0, 0.1) is 0 Å². The second-order valence-electron chi connectivity index (χ2n) is 7.53. The molecule has 0 bridgehead atoms. The van der Waals surface area contributed by atoms with Crippen molar-refractivity contribution in [3.8, 4) is 0 Å². The highest BCUT2D eigenvalue weighted by atomic mass is 32.2. The summed E-state index contributed by atoms with van der Waals surface area (Å²) in [5, 5.41) is -0.261. The maximum absolute atomic E-state index is 12.2. The van der Waals surface area contributed by atoms with E-state index in [1.165, 1.54) is 4.90 Å². The van der Waals surface area contributed by atoms with Crippen molar-refractivity contribution in [1.82, 2.24) is 4.90 Å². The molecular weight excluding hydrogens is 330 g/mol. The Bertz CT molecular complexity index is 530. The average Bonchev–Trinajstić information content (AvgIpc) is 2.97. The van der Waals surface area contributed by atoms with Gasteiger partial charge in [0.05, 0.1) is 11.0 Å². The Morgan fingerprint density at radius 2 is 1.71 bits per heavy atom. The molecular formula is C17H31NO5S. The summed E-state index contributed by atoms with van der Waals surface area (Å²) in [6.07, 6.45) is 4.14. The molecule has 0 radical (unpaired) electrons. The van der Waals surface area contributed by atoms with Crippen molar-refractivity contribution in [1.29, 1.82) is 0 Å². The molecule has 0 aliphatic heterocycles. The molecule has 0 N–H and O–H groups in total. The van der Waals surface area contributed by atoms with Crippen molar-refractivity contribution < 1.29 is 22.7 Å². The van der Waals surface area contributed by atoms with Gasteiger partial charge in [-0.05, 0) is 40.0 Å². The van der Waals surface area contributed by atoms with Crippen molar-refractivity contribution >= 4 is 21.7 Å². The molecule has 0 unspecified atom stereocenters. The quantitative estimate of drug-likeness (QED) is 0.620. The van der Waals surface area contributed by atoms with Gasteiger partial charge in [0.2, 0.25) is 5.91 Å². The fourth-order valence-electron chi connectivity index (χ4n) is 2.81. The van der Waals surface area contributed by atoms with E-state index >= 15 is 0 Å². The third kappa shape index (κ3) is 7.64. The Hall–Kier alpha value is -1.11. The molecule has 0 aromatic carbocycles. The Kier molecular flexibility index (Phi) is 7.70. The first-order valence-corrected chi connectivity index (χ1v) is 10.4. The molecule has 1 saturated carbocycles. The van der Waals surface area contributed by atoms with E-state index in [1.807, 2.05) is 20.8 Å². The fourth-order valence-corrected chi connectivity index (χ4v) is 4.66. The first-order valence-electron chi connectivity index (χ1n) is 8.68. The monoisotopic (exact) mass is 361 g/mol. The molecule has 0 spiro atoms. The van der Waals surface area contributed by atoms with Crippen LogP contribution < -0.4 is 0 Å². The molecule has 1 aliphatic carbocycles. The van der Waals surface area contributed by atoms with E-state index in [-0.39, 0.29) is 35.7 Å². The summed E-state index contributed by atoms with van der Waals surface area (Å²) >= 11 is 0. The van der Waals surface area contributed by atoms with Gasteiger partial charge < -0.3 is 9.64 Å². The summed E-state index contributed by atoms with van der Waals surface area (Å²) < 4.78 is 29.5. The normalized spacial score (nSPS) is 16.2. The van der Waals surface area contributed by atoms with Crippen LogP contribution in [0.15, 0.2) is 0 Å². The molecule has 7 heteroatoms. The van der Waals surface area contributed by atoms with Crippen molar-refractivity contribution in [3.05, 3.63) is 0 Å². The van der Waals surface area contributed by atoms with Gasteiger partial charge >= 0.3 is 5.97 Å². The Labute approximate surface area is 145 Å². The number of nitrogens with zero attached hydrogens (tertiary/aromatic N) is 1. The maximum Gasteiger partial charge on any atom is 0.306 e. The first-order chi connectivity index (χ1) is 11.0. The van der Waals surface area contributed by atoms with E-state index in [2.05, 4.69) is 0 Å². The van der Waals surface area contributed by atoms with E-state index < -0.39 is 15.4 Å². The first kappa shape index (κ1) is 20.9. The van der Waals surface area contributed by atoms with Gasteiger partial charge in [0.25, 0.3) is 0 Å². The lowest BCUT2D eigenvalue weighted by Crippen LogP contribution is -2.31. The Morgan fingerprint density at radius 1 is 1.12 bits per heavy atom. The minimum atomic E-state index is -3.16. The van der Waals surface area contributed by atoms with Gasteiger partial charge in [0.1, 0.15) is 5.60 Å². The highest BCUT2D eigenvalue weighted by molar-refractivity contribution is 7.92. The zero-order valence-electron chi connectivity index (χ0n) is 15.3. The number of carbonyl (C=O) groups is 2. The van der Waals surface area contributed by atoms with E-state index in [0.29, 0.717) is 13.0 Å². The SMILES string of the molecule is CN(CCCC(=O)OC(C)(C)C)C(=O)CCS(=O)(=O)C1CCCC1. The van der Waals surface area contributed by atoms with Crippen molar-refractivity contribution in [2.45, 2.75) is 76.6 Å². The van der Waals surface area contributed by atoms with E-state index in [9.17, 15) is 18.0 Å². The van der Waals surface area contributed by atoms with Crippen LogP contribution >= 0.6 is 0 Å². The summed E-state index contributed by atoms with van der Waals surface area (Å²) in [7, 11) is -1.53. The van der Waals surface area contributed by atoms with Gasteiger partial charge in [-0.15, -0.1) is 0 Å². The third-order valence-electron chi connectivity index (χ3n) is 4.13. The smallest absolute Gasteiger partial charge is 0.306 e. The van der Waals surface area contributed by atoms with Crippen LogP contribution in [0.2, 0.25) is 0 Å². The van der Waals surface area contributed by atoms with Crippen LogP contribution in [0.5, 0.6) is 0 Å². The Balaban J connectivity index is 2.28. The minimum absolute atomic E-state index is 0.0156. The lowest BCUT2D eigenvalue weighted by atomic mass is 10.2. The molecule has 24 heavy (non-hydrogen) atoms. The highest BCUT2D eigenvalue weighted by Gasteiger charge is 2.29. The van der Waals surface area contributed by atoms with Crippen LogP contribution in [0.25, 0.3) is 0 Å². The highest BCUT2D eigenvalue weighted by Crippen LogP contribution is 2.25. The largest absolute Gasteiger partial charge is 0.460 e. The van der Waals surface area contributed by atoms with Crippen molar-refractivity contribution in [2.75, 3.05) is 19.3 Å². The molecule has 1 rings (SSSR count). The van der Waals surface area contributed by atoms with Crippen LogP contribution in [-0.4, -0.2) is 55.4 Å². The van der Waals surface area contributed by atoms with Crippen LogP contribution in [0.1, 0.15) is 65.7 Å². The number of ether oxygens (including phenoxy) is 1. The number of amides is 1. The van der Waals surface area contributed by atoms with Gasteiger partial charge in [-0.2, -0.15) is 0 Å². The lowest BCUT2D eigenvalue weighted by molar-refractivity contribution is -0.155. The van der Waals surface area contributed by atoms with E-state index in [1.54, 1.807) is 7.05 Å². The van der Waals surface area contributed by atoms with E-state index in [0.717, 1.165) is 25.7 Å². The molecule has 0 atom stereocenters. The summed E-state index contributed by atoms with van der Waals surface area (Å²) in [6, 6.07) is 0. The lowest BCUT2D eigenvalue weighted by Gasteiger charge is -2.20. The minimum Gasteiger partial charge on any atom is -0.460 e. The van der Waals surface area contributed by atoms with Crippen molar-refractivity contribution in [2.24, 2.45) is 0 Å². The molecule has 140 valence electrons. The van der Waals surface area contributed by atoms with Gasteiger partial charge in [-0.3, -0.25) is 9.59 Å².